The summed E-state index contributed by atoms with van der Waals surface area (Å²) in [5.74, 6) is -1.33. The normalized spacial score (nSPS) is 9.69. The van der Waals surface area contributed by atoms with Crippen molar-refractivity contribution in [2.75, 3.05) is 30.5 Å². The van der Waals surface area contributed by atoms with Gasteiger partial charge in [0.15, 0.2) is 5.57 Å². The lowest BCUT2D eigenvalue weighted by Crippen LogP contribution is -2.19. The van der Waals surface area contributed by atoms with Crippen LogP contribution < -0.4 is 15.4 Å². The number of hydrogen-bond donors (Lipinski definition) is 2. The molecule has 0 aliphatic carbocycles. The summed E-state index contributed by atoms with van der Waals surface area (Å²) in [5, 5.41) is 5.51. The molecule has 0 saturated carbocycles. The second-order valence-electron chi connectivity index (χ2n) is 4.97. The molecular weight excluding hydrogens is 340 g/mol. The van der Waals surface area contributed by atoms with Crippen LogP contribution in [0.4, 0.5) is 11.4 Å². The zero-order chi connectivity index (χ0) is 19.5. The van der Waals surface area contributed by atoms with Gasteiger partial charge in [0.05, 0.1) is 25.5 Å². The summed E-state index contributed by atoms with van der Waals surface area (Å²) >= 11 is 0. The number of hydrogen-bond acceptors (Lipinski definition) is 7. The van der Waals surface area contributed by atoms with Crippen LogP contribution in [0.5, 0.6) is 5.75 Å². The van der Waals surface area contributed by atoms with Crippen molar-refractivity contribution in [3.63, 3.8) is 0 Å². The Hall–Kier alpha value is -3.03. The molecule has 1 aromatic rings. The van der Waals surface area contributed by atoms with Crippen LogP contribution in [0, 0.1) is 0 Å². The van der Waals surface area contributed by atoms with E-state index in [4.69, 9.17) is 14.2 Å². The van der Waals surface area contributed by atoms with Gasteiger partial charge in [-0.05, 0) is 32.9 Å². The summed E-state index contributed by atoms with van der Waals surface area (Å²) in [6.07, 6.45) is 1.22. The summed E-state index contributed by atoms with van der Waals surface area (Å²) in [5.41, 5.74) is 0.816. The Morgan fingerprint density at radius 2 is 1.62 bits per heavy atom. The van der Waals surface area contributed by atoms with Crippen LogP contribution in [0.25, 0.3) is 0 Å². The van der Waals surface area contributed by atoms with E-state index < -0.39 is 11.9 Å². The molecule has 142 valence electrons. The number of carbonyl (C=O) groups is 3. The zero-order valence-corrected chi connectivity index (χ0v) is 15.4. The molecule has 0 aliphatic rings. The topological polar surface area (TPSA) is 103 Å². The number of carbonyl (C=O) groups excluding carboxylic acids is 3. The van der Waals surface area contributed by atoms with Crippen LogP contribution in [0.2, 0.25) is 0 Å². The average molecular weight is 364 g/mol. The molecule has 0 atom stereocenters. The third-order valence-corrected chi connectivity index (χ3v) is 2.97. The van der Waals surface area contributed by atoms with Gasteiger partial charge in [-0.15, -0.1) is 0 Å². The Morgan fingerprint density at radius 3 is 2.12 bits per heavy atom. The van der Waals surface area contributed by atoms with Crippen molar-refractivity contribution in [3.05, 3.63) is 30.0 Å². The van der Waals surface area contributed by atoms with Gasteiger partial charge in [0, 0.05) is 24.9 Å². The lowest BCUT2D eigenvalue weighted by Gasteiger charge is -2.13. The van der Waals surface area contributed by atoms with Gasteiger partial charge in [-0.3, -0.25) is 4.79 Å². The van der Waals surface area contributed by atoms with Crippen molar-refractivity contribution < 1.29 is 28.6 Å². The number of benzene rings is 1. The number of rotatable bonds is 9. The Bertz CT molecular complexity index is 664. The highest BCUT2D eigenvalue weighted by Gasteiger charge is 2.21. The molecule has 2 N–H and O–H groups in total. The van der Waals surface area contributed by atoms with Crippen molar-refractivity contribution >= 4 is 29.2 Å². The Morgan fingerprint density at radius 1 is 1.00 bits per heavy atom. The molecule has 1 rings (SSSR count). The van der Waals surface area contributed by atoms with E-state index in [1.807, 2.05) is 6.92 Å². The van der Waals surface area contributed by atoms with Gasteiger partial charge in [-0.1, -0.05) is 0 Å². The third kappa shape index (κ3) is 6.46. The van der Waals surface area contributed by atoms with Crippen LogP contribution in [-0.2, 0) is 23.9 Å². The van der Waals surface area contributed by atoms with E-state index in [1.54, 1.807) is 32.0 Å². The molecule has 0 saturated heterocycles. The van der Waals surface area contributed by atoms with Gasteiger partial charge in [0.2, 0.25) is 5.91 Å². The van der Waals surface area contributed by atoms with Crippen LogP contribution in [0.1, 0.15) is 27.7 Å². The summed E-state index contributed by atoms with van der Waals surface area (Å²) in [4.78, 5) is 35.1. The molecule has 0 heterocycles. The van der Waals surface area contributed by atoms with Gasteiger partial charge in [-0.25, -0.2) is 9.59 Å². The smallest absolute Gasteiger partial charge is 0.347 e. The maximum Gasteiger partial charge on any atom is 0.347 e. The fourth-order valence-electron chi connectivity index (χ4n) is 1.95. The SMILES string of the molecule is CCOC(=O)C(=CNc1ccc(NC(C)=O)c(OCC)c1)C(=O)OCC. The molecule has 0 bridgehead atoms. The number of anilines is 2. The van der Waals surface area contributed by atoms with Crippen molar-refractivity contribution in [3.8, 4) is 5.75 Å². The van der Waals surface area contributed by atoms with Crippen LogP contribution >= 0.6 is 0 Å². The summed E-state index contributed by atoms with van der Waals surface area (Å²) in [6, 6.07) is 4.95. The molecule has 1 amide bonds. The largest absolute Gasteiger partial charge is 0.492 e. The standard InChI is InChI=1S/C18H24N2O6/c1-5-24-16-10-13(8-9-15(16)20-12(4)21)19-11-14(17(22)25-6-2)18(23)26-7-3/h8-11,19H,5-7H2,1-4H3,(H,20,21). The van der Waals surface area contributed by atoms with E-state index in [9.17, 15) is 14.4 Å². The molecule has 0 aromatic heterocycles. The third-order valence-electron chi connectivity index (χ3n) is 2.97. The summed E-state index contributed by atoms with van der Waals surface area (Å²) in [6.45, 7) is 7.17. The average Bonchev–Trinajstić information content (AvgIpc) is 2.57. The van der Waals surface area contributed by atoms with Gasteiger partial charge in [0.1, 0.15) is 5.75 Å². The molecule has 1 aromatic carbocycles. The highest BCUT2D eigenvalue weighted by Crippen LogP contribution is 2.28. The van der Waals surface area contributed by atoms with Crippen LogP contribution in [0.15, 0.2) is 30.0 Å². The van der Waals surface area contributed by atoms with Gasteiger partial charge in [-0.2, -0.15) is 0 Å². The molecule has 0 fully saturated rings. The van der Waals surface area contributed by atoms with E-state index in [0.717, 1.165) is 0 Å². The molecule has 0 unspecified atom stereocenters. The minimum Gasteiger partial charge on any atom is -0.492 e. The molecule has 0 spiro atoms. The van der Waals surface area contributed by atoms with E-state index in [1.165, 1.54) is 13.1 Å². The molecule has 8 heteroatoms. The highest BCUT2D eigenvalue weighted by molar-refractivity contribution is 6.14. The Balaban J connectivity index is 3.07. The van der Waals surface area contributed by atoms with E-state index >= 15 is 0 Å². The predicted molar refractivity (Wildman–Crippen MR) is 96.9 cm³/mol. The summed E-state index contributed by atoms with van der Waals surface area (Å²) < 4.78 is 15.2. The molecule has 0 aliphatic heterocycles. The maximum absolute atomic E-state index is 11.9. The Labute approximate surface area is 152 Å². The first-order chi connectivity index (χ1) is 12.4. The van der Waals surface area contributed by atoms with E-state index in [0.29, 0.717) is 23.7 Å². The van der Waals surface area contributed by atoms with Crippen molar-refractivity contribution in [1.29, 1.82) is 0 Å². The Kier molecular flexibility index (Phi) is 8.69. The number of nitrogens with one attached hydrogen (secondary N) is 2. The van der Waals surface area contributed by atoms with Crippen molar-refractivity contribution in [2.45, 2.75) is 27.7 Å². The van der Waals surface area contributed by atoms with Crippen molar-refractivity contribution in [1.82, 2.24) is 0 Å². The number of amides is 1. The fraction of sp³-hybridized carbons (Fsp3) is 0.389. The lowest BCUT2D eigenvalue weighted by atomic mass is 10.2. The minimum atomic E-state index is -0.779. The lowest BCUT2D eigenvalue weighted by molar-refractivity contribution is -0.146. The molecular formula is C18H24N2O6. The first kappa shape index (κ1) is 21.0. The fourth-order valence-corrected chi connectivity index (χ4v) is 1.95. The van der Waals surface area contributed by atoms with Crippen molar-refractivity contribution in [2.24, 2.45) is 0 Å². The van der Waals surface area contributed by atoms with Gasteiger partial charge in [0.25, 0.3) is 0 Å². The van der Waals surface area contributed by atoms with E-state index in [-0.39, 0.29) is 24.7 Å². The predicted octanol–water partition coefficient (Wildman–Crippen LogP) is 2.47. The quantitative estimate of drug-likeness (QED) is 0.300. The highest BCUT2D eigenvalue weighted by atomic mass is 16.6. The van der Waals surface area contributed by atoms with Gasteiger partial charge < -0.3 is 24.8 Å². The monoisotopic (exact) mass is 364 g/mol. The van der Waals surface area contributed by atoms with Gasteiger partial charge >= 0.3 is 11.9 Å². The number of esters is 2. The zero-order valence-electron chi connectivity index (χ0n) is 15.4. The first-order valence-electron chi connectivity index (χ1n) is 8.28. The molecule has 26 heavy (non-hydrogen) atoms. The molecule has 8 nitrogen and oxygen atoms in total. The summed E-state index contributed by atoms with van der Waals surface area (Å²) in [7, 11) is 0. The maximum atomic E-state index is 11.9. The van der Waals surface area contributed by atoms with Crippen LogP contribution in [-0.4, -0.2) is 37.7 Å². The second-order valence-corrected chi connectivity index (χ2v) is 4.97. The first-order valence-corrected chi connectivity index (χ1v) is 8.28. The second kappa shape index (κ2) is 10.8. The number of ether oxygens (including phenoxy) is 3. The molecule has 0 radical (unpaired) electrons. The van der Waals surface area contributed by atoms with Crippen LogP contribution in [0.3, 0.4) is 0 Å². The van der Waals surface area contributed by atoms with E-state index in [2.05, 4.69) is 10.6 Å². The minimum absolute atomic E-state index is 0.134.